The molecule has 1 aliphatic rings. The van der Waals surface area contributed by atoms with Gasteiger partial charge >= 0.3 is 0 Å². The van der Waals surface area contributed by atoms with Crippen molar-refractivity contribution in [2.24, 2.45) is 0 Å². The average molecular weight is 330 g/mol. The van der Waals surface area contributed by atoms with Crippen LogP contribution < -0.4 is 5.32 Å². The number of benzene rings is 1. The van der Waals surface area contributed by atoms with Crippen LogP contribution in [-0.2, 0) is 4.79 Å². The number of rotatable bonds is 7. The molecule has 1 N–H and O–H groups in total. The highest BCUT2D eigenvalue weighted by atomic mass is 16.2. The second-order valence-electron chi connectivity index (χ2n) is 7.51. The molecule has 0 radical (unpaired) electrons. The Labute approximate surface area is 145 Å². The van der Waals surface area contributed by atoms with Gasteiger partial charge in [0.15, 0.2) is 5.78 Å². The van der Waals surface area contributed by atoms with Crippen LogP contribution in [0.2, 0.25) is 0 Å². The van der Waals surface area contributed by atoms with E-state index in [1.807, 2.05) is 32.0 Å². The lowest BCUT2D eigenvalue weighted by Gasteiger charge is -2.35. The summed E-state index contributed by atoms with van der Waals surface area (Å²) in [5.41, 5.74) is 2.96. The van der Waals surface area contributed by atoms with Crippen molar-refractivity contribution in [2.45, 2.75) is 58.9 Å². The minimum Gasteiger partial charge on any atom is -0.354 e. The van der Waals surface area contributed by atoms with E-state index in [1.165, 1.54) is 18.4 Å². The lowest BCUT2D eigenvalue weighted by atomic mass is 10.0. The van der Waals surface area contributed by atoms with Crippen LogP contribution in [0.1, 0.15) is 61.0 Å². The number of hydrogen-bond acceptors (Lipinski definition) is 3. The zero-order valence-corrected chi connectivity index (χ0v) is 15.4. The maximum atomic E-state index is 12.2. The van der Waals surface area contributed by atoms with Gasteiger partial charge < -0.3 is 5.32 Å². The lowest BCUT2D eigenvalue weighted by Crippen LogP contribution is -2.50. The third-order valence-corrected chi connectivity index (χ3v) is 5.09. The van der Waals surface area contributed by atoms with E-state index in [-0.39, 0.29) is 30.1 Å². The van der Waals surface area contributed by atoms with E-state index in [0.29, 0.717) is 12.1 Å². The summed E-state index contributed by atoms with van der Waals surface area (Å²) >= 11 is 0. The molecule has 4 nitrogen and oxygen atoms in total. The quantitative estimate of drug-likeness (QED) is 0.781. The van der Waals surface area contributed by atoms with Gasteiger partial charge in [-0.25, -0.2) is 0 Å². The van der Waals surface area contributed by atoms with Gasteiger partial charge in [-0.2, -0.15) is 0 Å². The normalized spacial score (nSPS) is 15.5. The zero-order chi connectivity index (χ0) is 17.7. The topological polar surface area (TPSA) is 49.4 Å². The number of nitrogens with zero attached hydrogens (tertiary/aromatic N) is 1. The van der Waals surface area contributed by atoms with Crippen LogP contribution in [0, 0.1) is 13.8 Å². The second-order valence-corrected chi connectivity index (χ2v) is 7.51. The third-order valence-electron chi connectivity index (χ3n) is 5.09. The van der Waals surface area contributed by atoms with E-state index >= 15 is 0 Å². The number of Topliss-reactive ketones (excluding diaryl/α,β-unsaturated/α-hetero) is 1. The summed E-state index contributed by atoms with van der Waals surface area (Å²) in [5.74, 6) is -0.00786. The van der Waals surface area contributed by atoms with Crippen LogP contribution in [0.3, 0.4) is 0 Å². The highest BCUT2D eigenvalue weighted by molar-refractivity contribution is 5.98. The lowest BCUT2D eigenvalue weighted by molar-refractivity contribution is -0.121. The van der Waals surface area contributed by atoms with Gasteiger partial charge in [0.1, 0.15) is 0 Å². The Morgan fingerprint density at radius 2 is 1.75 bits per heavy atom. The molecular weight excluding hydrogens is 300 g/mol. The fourth-order valence-electron chi connectivity index (χ4n) is 3.12. The predicted octanol–water partition coefficient (Wildman–Crippen LogP) is 3.26. The summed E-state index contributed by atoms with van der Waals surface area (Å²) in [6.45, 7) is 11.2. The first-order valence-electron chi connectivity index (χ1n) is 8.92. The molecule has 1 aromatic rings. The summed E-state index contributed by atoms with van der Waals surface area (Å²) in [4.78, 5) is 26.7. The fraction of sp³-hybridized carbons (Fsp3) is 0.600. The van der Waals surface area contributed by atoms with Crippen molar-refractivity contribution in [1.29, 1.82) is 0 Å². The molecular formula is C20H30N2O2. The number of ketones is 1. The van der Waals surface area contributed by atoms with Crippen LogP contribution in [0.15, 0.2) is 18.2 Å². The molecule has 0 bridgehead atoms. The van der Waals surface area contributed by atoms with Gasteiger partial charge in [0.25, 0.3) is 0 Å². The summed E-state index contributed by atoms with van der Waals surface area (Å²) in [6.07, 6.45) is 2.99. The standard InChI is InChI=1S/C20H30N2O2/c1-15-7-8-17(13-16(15)2)18(23)9-10-19(24)21-14-20(3,4)22-11-5-6-12-22/h7-8,13H,5-6,9-12,14H2,1-4H3,(H,21,24). The second kappa shape index (κ2) is 7.93. The number of amides is 1. The summed E-state index contributed by atoms with van der Waals surface area (Å²) in [7, 11) is 0. The monoisotopic (exact) mass is 330 g/mol. The number of carbonyl (C=O) groups excluding carboxylic acids is 2. The molecule has 0 spiro atoms. The first-order valence-corrected chi connectivity index (χ1v) is 8.92. The predicted molar refractivity (Wildman–Crippen MR) is 97.4 cm³/mol. The van der Waals surface area contributed by atoms with E-state index in [4.69, 9.17) is 0 Å². The Balaban J connectivity index is 1.78. The molecule has 1 fully saturated rings. The van der Waals surface area contributed by atoms with Crippen molar-refractivity contribution >= 4 is 11.7 Å². The molecule has 0 aromatic heterocycles. The van der Waals surface area contributed by atoms with Crippen molar-refractivity contribution in [3.8, 4) is 0 Å². The van der Waals surface area contributed by atoms with E-state index in [1.54, 1.807) is 0 Å². The Morgan fingerprint density at radius 3 is 2.38 bits per heavy atom. The average Bonchev–Trinajstić information content (AvgIpc) is 3.08. The van der Waals surface area contributed by atoms with E-state index in [2.05, 4.69) is 24.1 Å². The number of hydrogen-bond donors (Lipinski definition) is 1. The van der Waals surface area contributed by atoms with Crippen molar-refractivity contribution in [3.63, 3.8) is 0 Å². The maximum Gasteiger partial charge on any atom is 0.220 e. The smallest absolute Gasteiger partial charge is 0.220 e. The molecule has 0 saturated carbocycles. The van der Waals surface area contributed by atoms with E-state index in [9.17, 15) is 9.59 Å². The Bertz CT molecular complexity index is 602. The van der Waals surface area contributed by atoms with E-state index < -0.39 is 0 Å². The minimum atomic E-state index is -0.0422. The van der Waals surface area contributed by atoms with Gasteiger partial charge in [-0.05, 0) is 70.8 Å². The number of aryl methyl sites for hydroxylation is 2. The molecule has 0 atom stereocenters. The van der Waals surface area contributed by atoms with Crippen molar-refractivity contribution < 1.29 is 9.59 Å². The molecule has 2 rings (SSSR count). The minimum absolute atomic E-state index is 0.0236. The molecule has 1 aromatic carbocycles. The van der Waals surface area contributed by atoms with Gasteiger partial charge in [0, 0.05) is 30.5 Å². The SMILES string of the molecule is Cc1ccc(C(=O)CCC(=O)NCC(C)(C)N2CCCC2)cc1C. The first-order chi connectivity index (χ1) is 11.3. The van der Waals surface area contributed by atoms with Crippen molar-refractivity contribution in [1.82, 2.24) is 10.2 Å². The Morgan fingerprint density at radius 1 is 1.08 bits per heavy atom. The van der Waals surface area contributed by atoms with Crippen molar-refractivity contribution in [2.75, 3.05) is 19.6 Å². The third kappa shape index (κ3) is 4.91. The number of likely N-dealkylation sites (tertiary alicyclic amines) is 1. The number of nitrogens with one attached hydrogen (secondary N) is 1. The zero-order valence-electron chi connectivity index (χ0n) is 15.4. The van der Waals surface area contributed by atoms with Gasteiger partial charge in [-0.3, -0.25) is 14.5 Å². The van der Waals surface area contributed by atoms with Gasteiger partial charge in [-0.1, -0.05) is 12.1 Å². The molecule has 1 amide bonds. The molecule has 24 heavy (non-hydrogen) atoms. The largest absolute Gasteiger partial charge is 0.354 e. The summed E-state index contributed by atoms with van der Waals surface area (Å²) in [6, 6.07) is 5.71. The Kier molecular flexibility index (Phi) is 6.16. The van der Waals surface area contributed by atoms with Crippen LogP contribution >= 0.6 is 0 Å². The van der Waals surface area contributed by atoms with E-state index in [0.717, 1.165) is 18.7 Å². The van der Waals surface area contributed by atoms with Crippen LogP contribution in [0.25, 0.3) is 0 Å². The molecule has 1 aliphatic heterocycles. The molecule has 132 valence electrons. The summed E-state index contributed by atoms with van der Waals surface area (Å²) < 4.78 is 0. The molecule has 0 aliphatic carbocycles. The summed E-state index contributed by atoms with van der Waals surface area (Å²) in [5, 5.41) is 2.99. The highest BCUT2D eigenvalue weighted by Crippen LogP contribution is 2.20. The number of carbonyl (C=O) groups is 2. The van der Waals surface area contributed by atoms with Crippen LogP contribution in [0.4, 0.5) is 0 Å². The van der Waals surface area contributed by atoms with Gasteiger partial charge in [-0.15, -0.1) is 0 Å². The maximum absolute atomic E-state index is 12.2. The van der Waals surface area contributed by atoms with Crippen LogP contribution in [-0.4, -0.2) is 41.8 Å². The van der Waals surface area contributed by atoms with Gasteiger partial charge in [0.05, 0.1) is 0 Å². The highest BCUT2D eigenvalue weighted by Gasteiger charge is 2.29. The molecule has 1 saturated heterocycles. The molecule has 0 unspecified atom stereocenters. The molecule has 4 heteroatoms. The van der Waals surface area contributed by atoms with Crippen molar-refractivity contribution in [3.05, 3.63) is 34.9 Å². The Hall–Kier alpha value is -1.68. The molecule has 1 heterocycles. The fourth-order valence-corrected chi connectivity index (χ4v) is 3.12. The van der Waals surface area contributed by atoms with Gasteiger partial charge in [0.2, 0.25) is 5.91 Å². The van der Waals surface area contributed by atoms with Crippen LogP contribution in [0.5, 0.6) is 0 Å². The first kappa shape index (κ1) is 18.7.